The topological polar surface area (TPSA) is 77.2 Å². The number of benzene rings is 2. The van der Waals surface area contributed by atoms with Crippen LogP contribution >= 0.6 is 0 Å². The molecule has 2 aromatic carbocycles. The van der Waals surface area contributed by atoms with E-state index in [0.717, 1.165) is 0 Å². The standard InChI is InChI=1S/C19H17N3O2/c1-24-17-11-5-3-8-14(17)18(23)13-7-2-4-10-16(13)22-19-15(20)9-6-12-21-19/h2-12H,20H2,1H3,(H,21,22). The Labute approximate surface area is 140 Å². The van der Waals surface area contributed by atoms with Crippen molar-refractivity contribution in [3.63, 3.8) is 0 Å². The quantitative estimate of drug-likeness (QED) is 0.702. The predicted molar refractivity (Wildman–Crippen MR) is 94.8 cm³/mol. The summed E-state index contributed by atoms with van der Waals surface area (Å²) in [5.74, 6) is 0.914. The van der Waals surface area contributed by atoms with Crippen molar-refractivity contribution in [3.8, 4) is 5.75 Å². The summed E-state index contributed by atoms with van der Waals surface area (Å²) < 4.78 is 5.29. The normalized spacial score (nSPS) is 10.2. The van der Waals surface area contributed by atoms with Crippen LogP contribution in [0.25, 0.3) is 0 Å². The Kier molecular flexibility index (Phi) is 4.43. The van der Waals surface area contributed by atoms with Crippen LogP contribution in [0.5, 0.6) is 5.75 Å². The van der Waals surface area contributed by atoms with Crippen molar-refractivity contribution in [2.45, 2.75) is 0 Å². The monoisotopic (exact) mass is 319 g/mol. The fourth-order valence-corrected chi connectivity index (χ4v) is 2.42. The molecule has 0 bridgehead atoms. The molecule has 1 heterocycles. The third-order valence-electron chi connectivity index (χ3n) is 3.62. The molecular formula is C19H17N3O2. The number of methoxy groups -OCH3 is 1. The van der Waals surface area contributed by atoms with Crippen molar-refractivity contribution in [1.82, 2.24) is 4.98 Å². The molecule has 0 spiro atoms. The third-order valence-corrected chi connectivity index (χ3v) is 3.62. The SMILES string of the molecule is COc1ccccc1C(=O)c1ccccc1Nc1ncccc1N. The van der Waals surface area contributed by atoms with Gasteiger partial charge in [0, 0.05) is 11.8 Å². The molecule has 0 aliphatic carbocycles. The fraction of sp³-hybridized carbons (Fsp3) is 0.0526. The van der Waals surface area contributed by atoms with Crippen molar-refractivity contribution in [2.24, 2.45) is 0 Å². The van der Waals surface area contributed by atoms with Gasteiger partial charge in [-0.05, 0) is 36.4 Å². The number of aromatic nitrogens is 1. The predicted octanol–water partition coefficient (Wildman–Crippen LogP) is 3.65. The first-order valence-electron chi connectivity index (χ1n) is 7.45. The van der Waals surface area contributed by atoms with Crippen molar-refractivity contribution in [2.75, 3.05) is 18.2 Å². The highest BCUT2D eigenvalue weighted by atomic mass is 16.5. The van der Waals surface area contributed by atoms with Crippen molar-refractivity contribution in [1.29, 1.82) is 0 Å². The van der Waals surface area contributed by atoms with Gasteiger partial charge in [0.2, 0.25) is 0 Å². The number of ketones is 1. The van der Waals surface area contributed by atoms with E-state index in [4.69, 9.17) is 10.5 Å². The number of nitrogens with two attached hydrogens (primary N) is 1. The van der Waals surface area contributed by atoms with Crippen LogP contribution in [-0.2, 0) is 0 Å². The van der Waals surface area contributed by atoms with Crippen molar-refractivity contribution in [3.05, 3.63) is 78.0 Å². The van der Waals surface area contributed by atoms with E-state index in [1.807, 2.05) is 30.3 Å². The number of nitrogens with one attached hydrogen (secondary N) is 1. The van der Waals surface area contributed by atoms with Crippen molar-refractivity contribution < 1.29 is 9.53 Å². The van der Waals surface area contributed by atoms with Crippen LogP contribution in [0.1, 0.15) is 15.9 Å². The Balaban J connectivity index is 2.00. The highest BCUT2D eigenvalue weighted by molar-refractivity contribution is 6.14. The highest BCUT2D eigenvalue weighted by Crippen LogP contribution is 2.27. The molecular weight excluding hydrogens is 302 g/mol. The molecule has 0 aliphatic heterocycles. The average Bonchev–Trinajstić information content (AvgIpc) is 2.63. The number of pyridine rings is 1. The van der Waals surface area contributed by atoms with Gasteiger partial charge in [-0.25, -0.2) is 4.98 Å². The number of carbonyl (C=O) groups excluding carboxylic acids is 1. The van der Waals surface area contributed by atoms with E-state index in [1.165, 1.54) is 0 Å². The van der Waals surface area contributed by atoms with E-state index in [2.05, 4.69) is 10.3 Å². The van der Waals surface area contributed by atoms with Gasteiger partial charge in [-0.15, -0.1) is 0 Å². The minimum absolute atomic E-state index is 0.134. The molecule has 24 heavy (non-hydrogen) atoms. The van der Waals surface area contributed by atoms with Gasteiger partial charge in [-0.3, -0.25) is 4.79 Å². The molecule has 5 heteroatoms. The van der Waals surface area contributed by atoms with Crippen LogP contribution in [-0.4, -0.2) is 17.9 Å². The lowest BCUT2D eigenvalue weighted by Crippen LogP contribution is -2.08. The van der Waals surface area contributed by atoms with Gasteiger partial charge < -0.3 is 15.8 Å². The zero-order valence-corrected chi connectivity index (χ0v) is 13.2. The maximum absolute atomic E-state index is 13.0. The summed E-state index contributed by atoms with van der Waals surface area (Å²) in [6.45, 7) is 0. The van der Waals surface area contributed by atoms with Gasteiger partial charge in [0.1, 0.15) is 5.75 Å². The van der Waals surface area contributed by atoms with Gasteiger partial charge in [-0.2, -0.15) is 0 Å². The number of anilines is 3. The molecule has 0 saturated carbocycles. The Bertz CT molecular complexity index is 878. The second kappa shape index (κ2) is 6.83. The molecule has 3 N–H and O–H groups in total. The number of hydrogen-bond acceptors (Lipinski definition) is 5. The molecule has 3 rings (SSSR count). The summed E-state index contributed by atoms with van der Waals surface area (Å²) in [5.41, 5.74) is 8.09. The van der Waals surface area contributed by atoms with E-state index in [-0.39, 0.29) is 5.78 Å². The van der Waals surface area contributed by atoms with Crippen LogP contribution in [0.4, 0.5) is 17.2 Å². The number of rotatable bonds is 5. The van der Waals surface area contributed by atoms with E-state index in [9.17, 15) is 4.79 Å². The molecule has 0 amide bonds. The average molecular weight is 319 g/mol. The van der Waals surface area contributed by atoms with Crippen LogP contribution in [0.15, 0.2) is 66.9 Å². The number of nitrogen functional groups attached to an aromatic ring is 1. The minimum atomic E-state index is -0.134. The van der Waals surface area contributed by atoms with Crippen LogP contribution in [0, 0.1) is 0 Å². The molecule has 1 aromatic heterocycles. The lowest BCUT2D eigenvalue weighted by Gasteiger charge is -2.13. The second-order valence-electron chi connectivity index (χ2n) is 5.14. The first-order chi connectivity index (χ1) is 11.7. The molecule has 0 aliphatic rings. The zero-order valence-electron chi connectivity index (χ0n) is 13.2. The van der Waals surface area contributed by atoms with Gasteiger partial charge in [-0.1, -0.05) is 24.3 Å². The molecule has 120 valence electrons. The first kappa shape index (κ1) is 15.6. The smallest absolute Gasteiger partial charge is 0.198 e. The summed E-state index contributed by atoms with van der Waals surface area (Å²) >= 11 is 0. The largest absolute Gasteiger partial charge is 0.496 e. The fourth-order valence-electron chi connectivity index (χ4n) is 2.42. The molecule has 0 atom stereocenters. The van der Waals surface area contributed by atoms with Gasteiger partial charge >= 0.3 is 0 Å². The first-order valence-corrected chi connectivity index (χ1v) is 7.45. The lowest BCUT2D eigenvalue weighted by atomic mass is 10.0. The molecule has 0 fully saturated rings. The summed E-state index contributed by atoms with van der Waals surface area (Å²) in [7, 11) is 1.55. The second-order valence-corrected chi connectivity index (χ2v) is 5.14. The summed E-state index contributed by atoms with van der Waals surface area (Å²) in [5, 5.41) is 3.13. The summed E-state index contributed by atoms with van der Waals surface area (Å²) in [4.78, 5) is 17.2. The Hall–Kier alpha value is -3.34. The van der Waals surface area contributed by atoms with E-state index >= 15 is 0 Å². The Morgan fingerprint density at radius 3 is 2.46 bits per heavy atom. The van der Waals surface area contributed by atoms with Crippen molar-refractivity contribution >= 4 is 23.0 Å². The summed E-state index contributed by atoms with van der Waals surface area (Å²) in [6, 6.07) is 17.9. The lowest BCUT2D eigenvalue weighted by molar-refractivity contribution is 0.103. The maximum atomic E-state index is 13.0. The number of nitrogens with zero attached hydrogens (tertiary/aromatic N) is 1. The molecule has 5 nitrogen and oxygen atoms in total. The van der Waals surface area contributed by atoms with E-state index in [1.54, 1.807) is 43.6 Å². The zero-order chi connectivity index (χ0) is 16.9. The Morgan fingerprint density at radius 1 is 1.00 bits per heavy atom. The molecule has 0 radical (unpaired) electrons. The minimum Gasteiger partial charge on any atom is -0.496 e. The number of carbonyl (C=O) groups is 1. The maximum Gasteiger partial charge on any atom is 0.198 e. The molecule has 0 unspecified atom stereocenters. The van der Waals surface area contributed by atoms with Gasteiger partial charge in [0.15, 0.2) is 11.6 Å². The molecule has 3 aromatic rings. The number of hydrogen-bond donors (Lipinski definition) is 2. The highest BCUT2D eigenvalue weighted by Gasteiger charge is 2.17. The van der Waals surface area contributed by atoms with E-state index in [0.29, 0.717) is 34.1 Å². The number of ether oxygens (including phenoxy) is 1. The van der Waals surface area contributed by atoms with Crippen LogP contribution in [0.3, 0.4) is 0 Å². The Morgan fingerprint density at radius 2 is 1.71 bits per heavy atom. The van der Waals surface area contributed by atoms with Gasteiger partial charge in [0.25, 0.3) is 0 Å². The molecule has 0 saturated heterocycles. The third kappa shape index (κ3) is 3.05. The van der Waals surface area contributed by atoms with Gasteiger partial charge in [0.05, 0.1) is 24.0 Å². The van der Waals surface area contributed by atoms with E-state index < -0.39 is 0 Å². The summed E-state index contributed by atoms with van der Waals surface area (Å²) in [6.07, 6.45) is 1.64. The van der Waals surface area contributed by atoms with Crippen LogP contribution < -0.4 is 15.8 Å². The van der Waals surface area contributed by atoms with Crippen LogP contribution in [0.2, 0.25) is 0 Å². The number of para-hydroxylation sites is 2.